The predicted octanol–water partition coefficient (Wildman–Crippen LogP) is 4.00. The molecule has 0 unspecified atom stereocenters. The van der Waals surface area contributed by atoms with Crippen LogP contribution in [0.3, 0.4) is 0 Å². The number of hydrogen-bond acceptors (Lipinski definition) is 4. The minimum Gasteiger partial charge on any atom is -0.340 e. The van der Waals surface area contributed by atoms with Crippen LogP contribution >= 0.6 is 0 Å². The SMILES string of the molecule is CCc1nc2cccnc2n1-c1ccc(CC(=O)N2CCN(C3CCCCC3)CC2)cc1. The van der Waals surface area contributed by atoms with Crippen molar-refractivity contribution in [3.63, 3.8) is 0 Å². The summed E-state index contributed by atoms with van der Waals surface area (Å²) in [6, 6.07) is 13.0. The van der Waals surface area contributed by atoms with E-state index in [0.717, 1.165) is 66.9 Å². The number of amides is 1. The van der Waals surface area contributed by atoms with Crippen molar-refractivity contribution in [3.05, 3.63) is 54.0 Å². The van der Waals surface area contributed by atoms with E-state index in [2.05, 4.69) is 50.5 Å². The molecule has 1 aliphatic carbocycles. The van der Waals surface area contributed by atoms with Gasteiger partial charge in [-0.05, 0) is 42.7 Å². The summed E-state index contributed by atoms with van der Waals surface area (Å²) < 4.78 is 2.12. The molecule has 168 valence electrons. The first-order valence-corrected chi connectivity index (χ1v) is 12.2. The van der Waals surface area contributed by atoms with Crippen molar-refractivity contribution in [2.75, 3.05) is 26.2 Å². The molecule has 3 heterocycles. The van der Waals surface area contributed by atoms with Gasteiger partial charge in [-0.3, -0.25) is 14.3 Å². The third kappa shape index (κ3) is 4.29. The molecule has 1 saturated carbocycles. The molecule has 32 heavy (non-hydrogen) atoms. The minimum absolute atomic E-state index is 0.241. The highest BCUT2D eigenvalue weighted by atomic mass is 16.2. The fourth-order valence-electron chi connectivity index (χ4n) is 5.30. The van der Waals surface area contributed by atoms with Gasteiger partial charge in [0.05, 0.1) is 6.42 Å². The Balaban J connectivity index is 1.22. The molecule has 1 aliphatic heterocycles. The molecule has 1 amide bonds. The van der Waals surface area contributed by atoms with E-state index in [9.17, 15) is 4.79 Å². The van der Waals surface area contributed by atoms with Gasteiger partial charge in [-0.1, -0.05) is 38.3 Å². The molecule has 1 aromatic carbocycles. The lowest BCUT2D eigenvalue weighted by Crippen LogP contribution is -2.52. The maximum Gasteiger partial charge on any atom is 0.227 e. The third-order valence-electron chi connectivity index (χ3n) is 7.11. The zero-order valence-electron chi connectivity index (χ0n) is 19.0. The number of fused-ring (bicyclic) bond motifs is 1. The summed E-state index contributed by atoms with van der Waals surface area (Å²) in [6.07, 6.45) is 9.90. The Kier molecular flexibility index (Phi) is 6.21. The molecule has 0 N–H and O–H groups in total. The van der Waals surface area contributed by atoms with Gasteiger partial charge in [0, 0.05) is 50.5 Å². The Bertz CT molecular complexity index is 1060. The summed E-state index contributed by atoms with van der Waals surface area (Å²) in [6.45, 7) is 5.88. The summed E-state index contributed by atoms with van der Waals surface area (Å²) in [4.78, 5) is 26.8. The van der Waals surface area contributed by atoms with Crippen molar-refractivity contribution in [1.29, 1.82) is 0 Å². The summed E-state index contributed by atoms with van der Waals surface area (Å²) in [7, 11) is 0. The fraction of sp³-hybridized carbons (Fsp3) is 0.500. The standard InChI is InChI=1S/C26H33N5O/c1-2-24-28-23-9-6-14-27-26(23)31(24)22-12-10-20(11-13-22)19-25(32)30-17-15-29(16-18-30)21-7-4-3-5-8-21/h6,9-14,21H,2-5,7-8,15-19H2,1H3. The van der Waals surface area contributed by atoms with Crippen molar-refractivity contribution in [1.82, 2.24) is 24.3 Å². The quantitative estimate of drug-likeness (QED) is 0.613. The summed E-state index contributed by atoms with van der Waals surface area (Å²) in [5, 5.41) is 0. The largest absolute Gasteiger partial charge is 0.340 e. The first-order chi connectivity index (χ1) is 15.7. The summed E-state index contributed by atoms with van der Waals surface area (Å²) in [5.74, 6) is 1.24. The molecule has 0 spiro atoms. The summed E-state index contributed by atoms with van der Waals surface area (Å²) in [5.41, 5.74) is 3.89. The second-order valence-corrected chi connectivity index (χ2v) is 9.11. The normalized spacial score (nSPS) is 18.3. The molecule has 1 saturated heterocycles. The maximum atomic E-state index is 12.9. The smallest absolute Gasteiger partial charge is 0.227 e. The lowest BCUT2D eigenvalue weighted by atomic mass is 9.94. The lowest BCUT2D eigenvalue weighted by Gasteiger charge is -2.40. The maximum absolute atomic E-state index is 12.9. The Morgan fingerprint density at radius 1 is 1.00 bits per heavy atom. The van der Waals surface area contributed by atoms with Gasteiger partial charge in [-0.15, -0.1) is 0 Å². The number of benzene rings is 1. The number of rotatable bonds is 5. The molecule has 2 aliphatic rings. The molecular formula is C26H33N5O. The molecule has 6 nitrogen and oxygen atoms in total. The molecule has 0 bridgehead atoms. The van der Waals surface area contributed by atoms with Gasteiger partial charge in [0.1, 0.15) is 11.3 Å². The van der Waals surface area contributed by atoms with Gasteiger partial charge in [0.2, 0.25) is 5.91 Å². The van der Waals surface area contributed by atoms with E-state index >= 15 is 0 Å². The molecule has 3 aromatic rings. The Morgan fingerprint density at radius 2 is 1.75 bits per heavy atom. The van der Waals surface area contributed by atoms with Crippen LogP contribution in [0.5, 0.6) is 0 Å². The van der Waals surface area contributed by atoms with Crippen LogP contribution in [0, 0.1) is 0 Å². The van der Waals surface area contributed by atoms with Crippen LogP contribution in [0.1, 0.15) is 50.4 Å². The summed E-state index contributed by atoms with van der Waals surface area (Å²) >= 11 is 0. The van der Waals surface area contributed by atoms with Gasteiger partial charge < -0.3 is 4.90 Å². The highest BCUT2D eigenvalue weighted by Crippen LogP contribution is 2.24. The highest BCUT2D eigenvalue weighted by Gasteiger charge is 2.27. The Hall–Kier alpha value is -2.73. The Labute approximate surface area is 190 Å². The first kappa shape index (κ1) is 21.1. The number of carbonyl (C=O) groups is 1. The molecule has 6 heteroatoms. The number of piperazine rings is 1. The van der Waals surface area contributed by atoms with Crippen LogP contribution in [-0.2, 0) is 17.6 Å². The monoisotopic (exact) mass is 431 g/mol. The number of aromatic nitrogens is 3. The minimum atomic E-state index is 0.241. The van der Waals surface area contributed by atoms with Crippen LogP contribution < -0.4 is 0 Å². The average molecular weight is 432 g/mol. The predicted molar refractivity (Wildman–Crippen MR) is 127 cm³/mol. The number of hydrogen-bond donors (Lipinski definition) is 0. The van der Waals surface area contributed by atoms with E-state index in [-0.39, 0.29) is 5.91 Å². The van der Waals surface area contributed by atoms with Crippen LogP contribution in [0.25, 0.3) is 16.9 Å². The number of aryl methyl sites for hydroxylation is 1. The topological polar surface area (TPSA) is 54.3 Å². The van der Waals surface area contributed by atoms with E-state index in [1.54, 1.807) is 6.20 Å². The zero-order chi connectivity index (χ0) is 21.9. The molecule has 2 aromatic heterocycles. The first-order valence-electron chi connectivity index (χ1n) is 12.2. The van der Waals surface area contributed by atoms with Crippen molar-refractivity contribution < 1.29 is 4.79 Å². The van der Waals surface area contributed by atoms with Gasteiger partial charge in [0.15, 0.2) is 5.65 Å². The van der Waals surface area contributed by atoms with E-state index in [4.69, 9.17) is 4.98 Å². The van der Waals surface area contributed by atoms with Crippen LogP contribution in [0.2, 0.25) is 0 Å². The van der Waals surface area contributed by atoms with Gasteiger partial charge in [-0.2, -0.15) is 0 Å². The average Bonchev–Trinajstić information content (AvgIpc) is 3.24. The van der Waals surface area contributed by atoms with E-state index in [0.29, 0.717) is 6.42 Å². The fourth-order valence-corrected chi connectivity index (χ4v) is 5.30. The van der Waals surface area contributed by atoms with E-state index < -0.39 is 0 Å². The van der Waals surface area contributed by atoms with Crippen molar-refractivity contribution in [2.45, 2.75) is 57.9 Å². The zero-order valence-corrected chi connectivity index (χ0v) is 19.0. The van der Waals surface area contributed by atoms with Gasteiger partial charge in [0.25, 0.3) is 0 Å². The third-order valence-corrected chi connectivity index (χ3v) is 7.11. The Morgan fingerprint density at radius 3 is 2.47 bits per heavy atom. The second-order valence-electron chi connectivity index (χ2n) is 9.11. The number of carbonyl (C=O) groups excluding carboxylic acids is 1. The van der Waals surface area contributed by atoms with Gasteiger partial charge >= 0.3 is 0 Å². The van der Waals surface area contributed by atoms with Crippen molar-refractivity contribution in [3.8, 4) is 5.69 Å². The van der Waals surface area contributed by atoms with Gasteiger partial charge in [-0.25, -0.2) is 9.97 Å². The van der Waals surface area contributed by atoms with Crippen LogP contribution in [0.4, 0.5) is 0 Å². The highest BCUT2D eigenvalue weighted by molar-refractivity contribution is 5.79. The molecule has 2 fully saturated rings. The molecule has 0 atom stereocenters. The molecular weight excluding hydrogens is 398 g/mol. The number of imidazole rings is 1. The number of pyridine rings is 1. The molecule has 5 rings (SSSR count). The van der Waals surface area contributed by atoms with E-state index in [1.165, 1.54) is 32.1 Å². The van der Waals surface area contributed by atoms with E-state index in [1.807, 2.05) is 12.1 Å². The lowest BCUT2D eigenvalue weighted by molar-refractivity contribution is -0.132. The van der Waals surface area contributed by atoms with Crippen molar-refractivity contribution >= 4 is 17.1 Å². The molecule has 0 radical (unpaired) electrons. The second kappa shape index (κ2) is 9.41. The van der Waals surface area contributed by atoms with Crippen LogP contribution in [-0.4, -0.2) is 62.5 Å². The van der Waals surface area contributed by atoms with Crippen molar-refractivity contribution in [2.24, 2.45) is 0 Å². The van der Waals surface area contributed by atoms with Crippen LogP contribution in [0.15, 0.2) is 42.6 Å². The number of nitrogens with zero attached hydrogens (tertiary/aromatic N) is 5.